The third kappa shape index (κ3) is 7.01. The molecule has 0 aliphatic rings. The Kier molecular flexibility index (Phi) is 8.64. The van der Waals surface area contributed by atoms with Crippen molar-refractivity contribution in [2.24, 2.45) is 0 Å². The molecule has 1 atom stereocenters. The maximum Gasteiger partial charge on any atom is 0.326 e. The Morgan fingerprint density at radius 3 is 2.35 bits per heavy atom. The Bertz CT molecular complexity index is 1320. The Balaban J connectivity index is 1.42. The fourth-order valence-electron chi connectivity index (χ4n) is 3.95. The highest BCUT2D eigenvalue weighted by Gasteiger charge is 2.21. The standard InChI is InChI=1S/C29H28FN3O3S/c1-2-16-33(29-32-26(19-37-29)22-12-14-24(30)15-13-22)18-21-8-10-23(11-9-21)27(34)31-25(28(35)36)17-20-6-4-3-5-7-20/h3-15,19,25H,2,16-18H2,1H3,(H,31,34)(H,35,36). The summed E-state index contributed by atoms with van der Waals surface area (Å²) in [6, 6.07) is 21.7. The molecular formula is C29H28FN3O3S. The number of carbonyl (C=O) groups excluding carboxylic acids is 1. The van der Waals surface area contributed by atoms with Gasteiger partial charge in [0.2, 0.25) is 0 Å². The van der Waals surface area contributed by atoms with Crippen LogP contribution < -0.4 is 10.2 Å². The Hall–Kier alpha value is -4.04. The number of carboxylic acids is 1. The lowest BCUT2D eigenvalue weighted by Gasteiger charge is -2.21. The molecule has 0 bridgehead atoms. The fraction of sp³-hybridized carbons (Fsp3) is 0.207. The summed E-state index contributed by atoms with van der Waals surface area (Å²) in [5, 5.41) is 15.0. The molecule has 37 heavy (non-hydrogen) atoms. The number of benzene rings is 3. The first-order chi connectivity index (χ1) is 17.9. The van der Waals surface area contributed by atoms with Crippen LogP contribution in [0.25, 0.3) is 11.3 Å². The number of rotatable bonds is 11. The van der Waals surface area contributed by atoms with Gasteiger partial charge in [0.15, 0.2) is 5.13 Å². The van der Waals surface area contributed by atoms with E-state index in [-0.39, 0.29) is 12.2 Å². The summed E-state index contributed by atoms with van der Waals surface area (Å²) in [6.45, 7) is 3.51. The van der Waals surface area contributed by atoms with E-state index < -0.39 is 17.9 Å². The van der Waals surface area contributed by atoms with Gasteiger partial charge in [-0.25, -0.2) is 14.2 Å². The highest BCUT2D eigenvalue weighted by Crippen LogP contribution is 2.29. The molecule has 4 aromatic rings. The Morgan fingerprint density at radius 1 is 1.00 bits per heavy atom. The van der Waals surface area contributed by atoms with Gasteiger partial charge in [-0.15, -0.1) is 11.3 Å². The van der Waals surface area contributed by atoms with E-state index in [0.29, 0.717) is 12.1 Å². The molecule has 3 aromatic carbocycles. The maximum absolute atomic E-state index is 13.3. The van der Waals surface area contributed by atoms with Crippen molar-refractivity contribution >= 4 is 28.3 Å². The van der Waals surface area contributed by atoms with Crippen LogP contribution in [0.1, 0.15) is 34.8 Å². The summed E-state index contributed by atoms with van der Waals surface area (Å²) in [4.78, 5) is 31.4. The molecule has 0 aliphatic carbocycles. The van der Waals surface area contributed by atoms with Crippen LogP contribution in [0.5, 0.6) is 0 Å². The largest absolute Gasteiger partial charge is 0.480 e. The molecule has 0 aliphatic heterocycles. The third-order valence-electron chi connectivity index (χ3n) is 5.87. The first kappa shape index (κ1) is 26.0. The first-order valence-electron chi connectivity index (χ1n) is 12.1. The molecule has 4 rings (SSSR count). The van der Waals surface area contributed by atoms with E-state index in [4.69, 9.17) is 4.98 Å². The van der Waals surface area contributed by atoms with Crippen LogP contribution in [-0.2, 0) is 17.8 Å². The van der Waals surface area contributed by atoms with Crippen LogP contribution in [0.4, 0.5) is 9.52 Å². The zero-order valence-corrected chi connectivity index (χ0v) is 21.2. The Morgan fingerprint density at radius 2 is 1.70 bits per heavy atom. The molecule has 0 saturated heterocycles. The average Bonchev–Trinajstić information content (AvgIpc) is 3.40. The second-order valence-corrected chi connectivity index (χ2v) is 9.53. The second kappa shape index (κ2) is 12.3. The van der Waals surface area contributed by atoms with Gasteiger partial charge in [-0.05, 0) is 53.9 Å². The van der Waals surface area contributed by atoms with Gasteiger partial charge in [-0.2, -0.15) is 0 Å². The second-order valence-electron chi connectivity index (χ2n) is 8.69. The van der Waals surface area contributed by atoms with Gasteiger partial charge in [0, 0.05) is 36.0 Å². The zero-order valence-electron chi connectivity index (χ0n) is 20.4. The average molecular weight is 518 g/mol. The SMILES string of the molecule is CCCN(Cc1ccc(C(=O)NC(Cc2ccccc2)C(=O)O)cc1)c1nc(-c2ccc(F)cc2)cs1. The van der Waals surface area contributed by atoms with Crippen molar-refractivity contribution in [3.05, 3.63) is 107 Å². The molecular weight excluding hydrogens is 489 g/mol. The van der Waals surface area contributed by atoms with Crippen LogP contribution in [0, 0.1) is 5.82 Å². The lowest BCUT2D eigenvalue weighted by Crippen LogP contribution is -2.42. The van der Waals surface area contributed by atoms with E-state index in [1.165, 1.54) is 23.5 Å². The van der Waals surface area contributed by atoms with Crippen molar-refractivity contribution in [1.29, 1.82) is 0 Å². The maximum atomic E-state index is 13.3. The van der Waals surface area contributed by atoms with Crippen molar-refractivity contribution in [2.45, 2.75) is 32.4 Å². The predicted octanol–water partition coefficient (Wildman–Crippen LogP) is 5.79. The summed E-state index contributed by atoms with van der Waals surface area (Å²) in [7, 11) is 0. The van der Waals surface area contributed by atoms with Gasteiger partial charge in [-0.1, -0.05) is 49.4 Å². The van der Waals surface area contributed by atoms with Crippen LogP contribution >= 0.6 is 11.3 Å². The van der Waals surface area contributed by atoms with Gasteiger partial charge >= 0.3 is 5.97 Å². The summed E-state index contributed by atoms with van der Waals surface area (Å²) in [6.07, 6.45) is 1.14. The van der Waals surface area contributed by atoms with E-state index >= 15 is 0 Å². The summed E-state index contributed by atoms with van der Waals surface area (Å²) in [5.41, 5.74) is 3.91. The number of hydrogen-bond donors (Lipinski definition) is 2. The number of aromatic nitrogens is 1. The summed E-state index contributed by atoms with van der Waals surface area (Å²) >= 11 is 1.54. The minimum Gasteiger partial charge on any atom is -0.480 e. The molecule has 1 aromatic heterocycles. The number of anilines is 1. The van der Waals surface area contributed by atoms with E-state index in [1.807, 2.05) is 47.8 Å². The van der Waals surface area contributed by atoms with Crippen LogP contribution in [0.3, 0.4) is 0 Å². The number of carboxylic acid groups (broad SMARTS) is 1. The molecule has 0 spiro atoms. The van der Waals surface area contributed by atoms with E-state index in [2.05, 4.69) is 17.1 Å². The normalized spacial score (nSPS) is 11.6. The summed E-state index contributed by atoms with van der Waals surface area (Å²) in [5.74, 6) is -1.78. The van der Waals surface area contributed by atoms with Crippen molar-refractivity contribution in [2.75, 3.05) is 11.4 Å². The number of amides is 1. The molecule has 1 unspecified atom stereocenters. The number of thiazole rings is 1. The van der Waals surface area contributed by atoms with Gasteiger partial charge in [0.1, 0.15) is 11.9 Å². The third-order valence-corrected chi connectivity index (χ3v) is 6.77. The lowest BCUT2D eigenvalue weighted by atomic mass is 10.1. The molecule has 1 amide bonds. The van der Waals surface area contributed by atoms with Gasteiger partial charge < -0.3 is 15.3 Å². The highest BCUT2D eigenvalue weighted by molar-refractivity contribution is 7.14. The van der Waals surface area contributed by atoms with Gasteiger partial charge in [-0.3, -0.25) is 4.79 Å². The van der Waals surface area contributed by atoms with E-state index in [0.717, 1.165) is 40.5 Å². The quantitative estimate of drug-likeness (QED) is 0.263. The van der Waals surface area contributed by atoms with E-state index in [1.54, 1.807) is 24.3 Å². The first-order valence-corrected chi connectivity index (χ1v) is 12.9. The number of aliphatic carboxylic acids is 1. The predicted molar refractivity (Wildman–Crippen MR) is 144 cm³/mol. The molecule has 2 N–H and O–H groups in total. The van der Waals surface area contributed by atoms with Crippen LogP contribution in [-0.4, -0.2) is 34.6 Å². The topological polar surface area (TPSA) is 82.5 Å². The molecule has 8 heteroatoms. The van der Waals surface area contributed by atoms with Crippen molar-refractivity contribution < 1.29 is 19.1 Å². The molecule has 6 nitrogen and oxygen atoms in total. The van der Waals surface area contributed by atoms with Crippen molar-refractivity contribution in [3.8, 4) is 11.3 Å². The molecule has 1 heterocycles. The van der Waals surface area contributed by atoms with Crippen LogP contribution in [0.2, 0.25) is 0 Å². The van der Waals surface area contributed by atoms with Gasteiger partial charge in [0.05, 0.1) is 5.69 Å². The van der Waals surface area contributed by atoms with Crippen molar-refractivity contribution in [3.63, 3.8) is 0 Å². The molecule has 0 radical (unpaired) electrons. The minimum absolute atomic E-state index is 0.208. The summed E-state index contributed by atoms with van der Waals surface area (Å²) < 4.78 is 13.3. The fourth-order valence-corrected chi connectivity index (χ4v) is 4.81. The number of nitrogens with one attached hydrogen (secondary N) is 1. The highest BCUT2D eigenvalue weighted by atomic mass is 32.1. The van der Waals surface area contributed by atoms with Crippen LogP contribution in [0.15, 0.2) is 84.2 Å². The number of halogens is 1. The van der Waals surface area contributed by atoms with Crippen molar-refractivity contribution in [1.82, 2.24) is 10.3 Å². The minimum atomic E-state index is -1.08. The lowest BCUT2D eigenvalue weighted by molar-refractivity contribution is -0.139. The molecule has 190 valence electrons. The zero-order chi connectivity index (χ0) is 26.2. The smallest absolute Gasteiger partial charge is 0.326 e. The van der Waals surface area contributed by atoms with Gasteiger partial charge in [0.25, 0.3) is 5.91 Å². The van der Waals surface area contributed by atoms with E-state index in [9.17, 15) is 19.1 Å². The molecule has 0 fully saturated rings. The number of nitrogens with zero attached hydrogens (tertiary/aromatic N) is 2. The molecule has 0 saturated carbocycles. The number of hydrogen-bond acceptors (Lipinski definition) is 5. The number of carbonyl (C=O) groups is 2. The Labute approximate surface area is 219 Å². The monoisotopic (exact) mass is 517 g/mol.